The molecule has 0 bridgehead atoms. The van der Waals surface area contributed by atoms with E-state index >= 15 is 0 Å². The molecule has 1 aliphatic rings. The third-order valence-corrected chi connectivity index (χ3v) is 3.83. The Kier molecular flexibility index (Phi) is 4.51. The van der Waals surface area contributed by atoms with E-state index in [4.69, 9.17) is 16.3 Å². The lowest BCUT2D eigenvalue weighted by molar-refractivity contribution is -0.201. The van der Waals surface area contributed by atoms with Gasteiger partial charge in [0.25, 0.3) is 0 Å². The van der Waals surface area contributed by atoms with Crippen LogP contribution in [0.4, 0.5) is 17.1 Å². The van der Waals surface area contributed by atoms with Gasteiger partial charge in [-0.1, -0.05) is 0 Å². The molecule has 6 heteroatoms. The van der Waals surface area contributed by atoms with Gasteiger partial charge in [-0.05, 0) is 45.4 Å². The molecule has 0 aromatic heterocycles. The maximum Gasteiger partial charge on any atom is 0.330 e. The maximum absolute atomic E-state index is 11.9. The molecular formula is C16H26N4O2. The third kappa shape index (κ3) is 3.62. The first-order valence-corrected chi connectivity index (χ1v) is 7.56. The number of hydrogen-bond acceptors (Lipinski definition) is 6. The van der Waals surface area contributed by atoms with Gasteiger partial charge in [-0.3, -0.25) is 0 Å². The molecule has 1 aromatic carbocycles. The number of anilines is 3. The van der Waals surface area contributed by atoms with Gasteiger partial charge in [-0.25, -0.2) is 4.79 Å². The lowest BCUT2D eigenvalue weighted by atomic mass is 9.98. The number of aryl methyl sites for hydroxylation is 1. The Morgan fingerprint density at radius 1 is 1.14 bits per heavy atom. The summed E-state index contributed by atoms with van der Waals surface area (Å²) in [6.07, 6.45) is 0. The summed E-state index contributed by atoms with van der Waals surface area (Å²) in [5.74, 6) is -0.200. The van der Waals surface area contributed by atoms with Crippen LogP contribution in [-0.4, -0.2) is 37.2 Å². The van der Waals surface area contributed by atoms with Crippen molar-refractivity contribution in [2.24, 2.45) is 5.41 Å². The third-order valence-electron chi connectivity index (χ3n) is 3.83. The first-order valence-electron chi connectivity index (χ1n) is 7.56. The fourth-order valence-electron chi connectivity index (χ4n) is 2.28. The summed E-state index contributed by atoms with van der Waals surface area (Å²) in [5.41, 5.74) is 14.6. The Morgan fingerprint density at radius 2 is 1.73 bits per heavy atom. The molecule has 1 aliphatic heterocycles. The van der Waals surface area contributed by atoms with Gasteiger partial charge in [-0.2, -0.15) is 0 Å². The minimum Gasteiger partial charge on any atom is -0.397 e. The molecule has 1 heterocycles. The SMILES string of the molecule is Cc1cc(N2CCN(OC(=O)C(C)(C)C)CC2)cc(N)c1N. The number of carbonyl (C=O) groups is 1. The van der Waals surface area contributed by atoms with Crippen LogP contribution in [0.25, 0.3) is 0 Å². The van der Waals surface area contributed by atoms with Crippen molar-refractivity contribution in [3.05, 3.63) is 17.7 Å². The molecule has 0 amide bonds. The number of nitrogens with zero attached hydrogens (tertiary/aromatic N) is 2. The summed E-state index contributed by atoms with van der Waals surface area (Å²) in [6, 6.07) is 3.95. The lowest BCUT2D eigenvalue weighted by Gasteiger charge is -2.36. The Balaban J connectivity index is 1.97. The van der Waals surface area contributed by atoms with Gasteiger partial charge in [-0.15, -0.1) is 5.06 Å². The van der Waals surface area contributed by atoms with Crippen LogP contribution in [0.5, 0.6) is 0 Å². The van der Waals surface area contributed by atoms with E-state index in [1.54, 1.807) is 5.06 Å². The van der Waals surface area contributed by atoms with E-state index < -0.39 is 5.41 Å². The number of rotatable bonds is 2. The molecule has 0 unspecified atom stereocenters. The van der Waals surface area contributed by atoms with E-state index in [0.29, 0.717) is 24.5 Å². The summed E-state index contributed by atoms with van der Waals surface area (Å²) in [6.45, 7) is 10.4. The monoisotopic (exact) mass is 306 g/mol. The van der Waals surface area contributed by atoms with Gasteiger partial charge < -0.3 is 21.2 Å². The zero-order chi connectivity index (χ0) is 16.5. The molecule has 22 heavy (non-hydrogen) atoms. The van der Waals surface area contributed by atoms with Gasteiger partial charge in [0.2, 0.25) is 0 Å². The second-order valence-corrected chi connectivity index (χ2v) is 6.81. The number of hydroxylamine groups is 2. The van der Waals surface area contributed by atoms with Crippen molar-refractivity contribution in [3.63, 3.8) is 0 Å². The van der Waals surface area contributed by atoms with Crippen LogP contribution in [-0.2, 0) is 9.63 Å². The molecule has 2 rings (SSSR count). The van der Waals surface area contributed by atoms with Crippen LogP contribution in [0.1, 0.15) is 26.3 Å². The van der Waals surface area contributed by atoms with Gasteiger partial charge >= 0.3 is 5.97 Å². The fourth-order valence-corrected chi connectivity index (χ4v) is 2.28. The molecule has 0 saturated carbocycles. The molecule has 0 spiro atoms. The number of hydrogen-bond donors (Lipinski definition) is 2. The van der Waals surface area contributed by atoms with E-state index in [0.717, 1.165) is 24.3 Å². The van der Waals surface area contributed by atoms with Crippen LogP contribution < -0.4 is 16.4 Å². The lowest BCUT2D eigenvalue weighted by Crippen LogP contribution is -2.48. The normalized spacial score (nSPS) is 16.6. The molecule has 1 aromatic rings. The number of benzene rings is 1. The molecule has 0 atom stereocenters. The summed E-state index contributed by atoms with van der Waals surface area (Å²) in [5, 5.41) is 1.73. The van der Waals surface area contributed by atoms with Crippen LogP contribution in [0.15, 0.2) is 12.1 Å². The maximum atomic E-state index is 11.9. The Labute approximate surface area is 132 Å². The van der Waals surface area contributed by atoms with Gasteiger partial charge in [0, 0.05) is 18.8 Å². The van der Waals surface area contributed by atoms with Crippen LogP contribution in [0.3, 0.4) is 0 Å². The highest BCUT2D eigenvalue weighted by Crippen LogP contribution is 2.28. The Hall–Kier alpha value is -1.95. The second-order valence-electron chi connectivity index (χ2n) is 6.81. The van der Waals surface area contributed by atoms with Crippen LogP contribution in [0.2, 0.25) is 0 Å². The van der Waals surface area contributed by atoms with Crippen molar-refractivity contribution < 1.29 is 9.63 Å². The number of nitrogens with two attached hydrogens (primary N) is 2. The van der Waals surface area contributed by atoms with Crippen LogP contribution >= 0.6 is 0 Å². The minimum absolute atomic E-state index is 0.200. The zero-order valence-corrected chi connectivity index (χ0v) is 13.8. The first-order chi connectivity index (χ1) is 10.2. The highest BCUT2D eigenvalue weighted by Gasteiger charge is 2.28. The van der Waals surface area contributed by atoms with Crippen molar-refractivity contribution in [2.45, 2.75) is 27.7 Å². The Bertz CT molecular complexity index is 535. The van der Waals surface area contributed by atoms with Crippen molar-refractivity contribution in [3.8, 4) is 0 Å². The second kappa shape index (κ2) is 6.04. The molecule has 122 valence electrons. The average molecular weight is 306 g/mol. The summed E-state index contributed by atoms with van der Waals surface area (Å²) < 4.78 is 0. The number of piperazine rings is 1. The minimum atomic E-state index is -0.486. The number of carbonyl (C=O) groups excluding carboxylic acids is 1. The van der Waals surface area contributed by atoms with Crippen molar-refractivity contribution in [2.75, 3.05) is 42.5 Å². The van der Waals surface area contributed by atoms with E-state index in [1.807, 2.05) is 39.8 Å². The molecule has 6 nitrogen and oxygen atoms in total. The predicted molar refractivity (Wildman–Crippen MR) is 89.3 cm³/mol. The standard InChI is InChI=1S/C16H26N4O2/c1-11-9-12(10-13(17)14(11)18)19-5-7-20(8-6-19)22-15(21)16(2,3)4/h9-10H,5-8,17-18H2,1-4H3. The number of nitrogen functional groups attached to an aromatic ring is 2. The van der Waals surface area contributed by atoms with Gasteiger partial charge in [0.15, 0.2) is 0 Å². The van der Waals surface area contributed by atoms with E-state index in [9.17, 15) is 4.79 Å². The van der Waals surface area contributed by atoms with Crippen LogP contribution in [0, 0.1) is 12.3 Å². The van der Waals surface area contributed by atoms with Crippen molar-refractivity contribution >= 4 is 23.0 Å². The fraction of sp³-hybridized carbons (Fsp3) is 0.562. The van der Waals surface area contributed by atoms with Crippen molar-refractivity contribution in [1.82, 2.24) is 5.06 Å². The van der Waals surface area contributed by atoms with E-state index in [-0.39, 0.29) is 5.97 Å². The van der Waals surface area contributed by atoms with Crippen molar-refractivity contribution in [1.29, 1.82) is 0 Å². The topological polar surface area (TPSA) is 84.8 Å². The van der Waals surface area contributed by atoms with Gasteiger partial charge in [0.1, 0.15) is 0 Å². The van der Waals surface area contributed by atoms with E-state index in [2.05, 4.69) is 4.90 Å². The average Bonchev–Trinajstić information content (AvgIpc) is 2.44. The molecule has 4 N–H and O–H groups in total. The first kappa shape index (κ1) is 16.4. The highest BCUT2D eigenvalue weighted by molar-refractivity contribution is 5.75. The molecular weight excluding hydrogens is 280 g/mol. The molecule has 1 fully saturated rings. The zero-order valence-electron chi connectivity index (χ0n) is 13.8. The van der Waals surface area contributed by atoms with E-state index in [1.165, 1.54) is 0 Å². The summed E-state index contributed by atoms with van der Waals surface area (Å²) in [7, 11) is 0. The summed E-state index contributed by atoms with van der Waals surface area (Å²) >= 11 is 0. The molecule has 0 aliphatic carbocycles. The quantitative estimate of drug-likeness (QED) is 0.810. The highest BCUT2D eigenvalue weighted by atomic mass is 16.7. The predicted octanol–water partition coefficient (Wildman–Crippen LogP) is 1.79. The van der Waals surface area contributed by atoms with Gasteiger partial charge in [0.05, 0.1) is 29.9 Å². The molecule has 1 saturated heterocycles. The summed E-state index contributed by atoms with van der Waals surface area (Å²) in [4.78, 5) is 19.6. The largest absolute Gasteiger partial charge is 0.397 e. The smallest absolute Gasteiger partial charge is 0.330 e. The molecule has 0 radical (unpaired) electrons. The Morgan fingerprint density at radius 3 is 2.23 bits per heavy atom.